The zero-order valence-electron chi connectivity index (χ0n) is 39.0. The summed E-state index contributed by atoms with van der Waals surface area (Å²) in [7, 11) is 0. The standard InChI is InChI=1S/C56H72O10/c1-3-53(57)61-39-19-15-11-7-5-9-13-17-37-59-51-33-29-49(30-34-51)47-25-21-45(22-26-47)43-65-55-56(64-42-41-63-55)66-44-46-23-27-48(28-24-46)50-31-35-52(36-32-50)60-38-18-14-10-6-8-12-16-20-40-62-54(58)4-2/h3-4,21-36,55-56H,1-2,5-20,37-44H2. The number of hydrogen-bond acceptors (Lipinski definition) is 10. The molecule has 66 heavy (non-hydrogen) atoms. The van der Waals surface area contributed by atoms with Crippen LogP contribution in [0.3, 0.4) is 0 Å². The summed E-state index contributed by atoms with van der Waals surface area (Å²) in [5, 5.41) is 0. The number of hydrogen-bond donors (Lipinski definition) is 0. The molecule has 356 valence electrons. The van der Waals surface area contributed by atoms with Gasteiger partial charge in [-0.2, -0.15) is 0 Å². The number of esters is 2. The number of carbonyl (C=O) groups excluding carboxylic acids is 2. The van der Waals surface area contributed by atoms with E-state index in [1.807, 2.05) is 24.3 Å². The minimum Gasteiger partial charge on any atom is -0.494 e. The molecule has 0 bridgehead atoms. The van der Waals surface area contributed by atoms with Gasteiger partial charge in [-0.25, -0.2) is 9.59 Å². The molecule has 1 aliphatic heterocycles. The summed E-state index contributed by atoms with van der Waals surface area (Å²) in [4.78, 5) is 22.1. The topological polar surface area (TPSA) is 108 Å². The van der Waals surface area contributed by atoms with Crippen LogP contribution in [-0.4, -0.2) is 64.2 Å². The van der Waals surface area contributed by atoms with Crippen molar-refractivity contribution in [2.24, 2.45) is 0 Å². The van der Waals surface area contributed by atoms with Crippen molar-refractivity contribution in [1.82, 2.24) is 0 Å². The average Bonchev–Trinajstić information content (AvgIpc) is 3.36. The van der Waals surface area contributed by atoms with E-state index in [1.54, 1.807) is 0 Å². The largest absolute Gasteiger partial charge is 0.494 e. The van der Waals surface area contributed by atoms with Crippen molar-refractivity contribution in [3.63, 3.8) is 0 Å². The number of carbonyl (C=O) groups is 2. The van der Waals surface area contributed by atoms with E-state index in [9.17, 15) is 9.59 Å². The first-order valence-corrected chi connectivity index (χ1v) is 24.2. The predicted octanol–water partition coefficient (Wildman–Crippen LogP) is 12.9. The van der Waals surface area contributed by atoms with Crippen LogP contribution in [0.15, 0.2) is 122 Å². The minimum atomic E-state index is -0.631. The second-order valence-corrected chi connectivity index (χ2v) is 16.6. The Bertz CT molecular complexity index is 1800. The number of rotatable bonds is 34. The molecule has 1 aliphatic rings. The van der Waals surface area contributed by atoms with Gasteiger partial charge in [0.2, 0.25) is 12.6 Å². The van der Waals surface area contributed by atoms with Crippen LogP contribution in [-0.2, 0) is 51.2 Å². The van der Waals surface area contributed by atoms with Gasteiger partial charge in [0.25, 0.3) is 0 Å². The molecule has 1 fully saturated rings. The third-order valence-electron chi connectivity index (χ3n) is 11.4. The van der Waals surface area contributed by atoms with Crippen molar-refractivity contribution in [3.8, 4) is 33.8 Å². The zero-order chi connectivity index (χ0) is 46.3. The Balaban J connectivity index is 0.914. The third-order valence-corrected chi connectivity index (χ3v) is 11.4. The molecule has 0 N–H and O–H groups in total. The van der Waals surface area contributed by atoms with Crippen LogP contribution in [0.25, 0.3) is 22.3 Å². The maximum atomic E-state index is 11.1. The molecular weight excluding hydrogens is 833 g/mol. The molecule has 0 saturated carbocycles. The van der Waals surface area contributed by atoms with Crippen molar-refractivity contribution in [1.29, 1.82) is 0 Å². The molecule has 0 amide bonds. The van der Waals surface area contributed by atoms with Gasteiger partial charge in [-0.05, 0) is 83.3 Å². The van der Waals surface area contributed by atoms with E-state index < -0.39 is 12.6 Å². The highest BCUT2D eigenvalue weighted by atomic mass is 16.8. The van der Waals surface area contributed by atoms with Gasteiger partial charge >= 0.3 is 11.9 Å². The number of ether oxygens (including phenoxy) is 8. The second-order valence-electron chi connectivity index (χ2n) is 16.6. The van der Waals surface area contributed by atoms with Crippen LogP contribution in [0.4, 0.5) is 0 Å². The Labute approximate surface area is 393 Å². The lowest BCUT2D eigenvalue weighted by atomic mass is 10.0. The normalized spacial score (nSPS) is 14.6. The van der Waals surface area contributed by atoms with Gasteiger partial charge in [-0.3, -0.25) is 0 Å². The maximum Gasteiger partial charge on any atom is 0.330 e. The Morgan fingerprint density at radius 3 is 1.03 bits per heavy atom. The molecule has 2 atom stereocenters. The van der Waals surface area contributed by atoms with Gasteiger partial charge in [-0.1, -0.05) is 163 Å². The molecule has 10 heteroatoms. The molecule has 4 aromatic carbocycles. The molecule has 0 aliphatic carbocycles. The SMILES string of the molecule is C=CC(=O)OCCCCCCCCCCOc1ccc(-c2ccc(COC3OCCOC3OCc3ccc(-c4ccc(OCCCCCCCCCCOC(=O)C=C)cc4)cc3)cc2)cc1. The molecular formula is C56H72O10. The molecule has 0 spiro atoms. The molecule has 5 rings (SSSR count). The minimum absolute atomic E-state index is 0.340. The van der Waals surface area contributed by atoms with Crippen molar-refractivity contribution in [2.45, 2.75) is 129 Å². The Kier molecular flexibility index (Phi) is 24.8. The Hall–Kier alpha value is -5.26. The van der Waals surface area contributed by atoms with Gasteiger partial charge in [0.15, 0.2) is 0 Å². The van der Waals surface area contributed by atoms with E-state index >= 15 is 0 Å². The molecule has 1 heterocycles. The summed E-state index contributed by atoms with van der Waals surface area (Å²) in [6.07, 6.45) is 19.2. The molecule has 2 unspecified atom stereocenters. The summed E-state index contributed by atoms with van der Waals surface area (Å²) < 4.78 is 46.2. The number of unbranched alkanes of at least 4 members (excludes halogenated alkanes) is 14. The van der Waals surface area contributed by atoms with Crippen LogP contribution in [0.2, 0.25) is 0 Å². The first-order chi connectivity index (χ1) is 32.5. The van der Waals surface area contributed by atoms with Crippen LogP contribution in [0, 0.1) is 0 Å². The predicted molar refractivity (Wildman–Crippen MR) is 260 cm³/mol. The Morgan fingerprint density at radius 2 is 0.712 bits per heavy atom. The lowest BCUT2D eigenvalue weighted by Crippen LogP contribution is -2.41. The van der Waals surface area contributed by atoms with Gasteiger partial charge in [0.1, 0.15) is 11.5 Å². The fourth-order valence-corrected chi connectivity index (χ4v) is 7.54. The second kappa shape index (κ2) is 31.6. The maximum absolute atomic E-state index is 11.1. The first-order valence-electron chi connectivity index (χ1n) is 24.2. The van der Waals surface area contributed by atoms with Gasteiger partial charge in [-0.15, -0.1) is 0 Å². The van der Waals surface area contributed by atoms with Gasteiger partial charge in [0, 0.05) is 12.2 Å². The highest BCUT2D eigenvalue weighted by Gasteiger charge is 2.29. The monoisotopic (exact) mass is 905 g/mol. The van der Waals surface area contributed by atoms with E-state index in [-0.39, 0.29) is 11.9 Å². The third kappa shape index (κ3) is 20.5. The van der Waals surface area contributed by atoms with Crippen molar-refractivity contribution < 1.29 is 47.5 Å². The molecule has 1 saturated heterocycles. The lowest BCUT2D eigenvalue weighted by molar-refractivity contribution is -0.326. The molecule has 0 radical (unpaired) electrons. The summed E-state index contributed by atoms with van der Waals surface area (Å²) in [5.41, 5.74) is 6.57. The van der Waals surface area contributed by atoms with Crippen molar-refractivity contribution >= 4 is 11.9 Å². The quantitative estimate of drug-likeness (QED) is 0.0255. The summed E-state index contributed by atoms with van der Waals surface area (Å²) >= 11 is 0. The van der Waals surface area contributed by atoms with E-state index in [0.29, 0.717) is 39.6 Å². The van der Waals surface area contributed by atoms with E-state index in [0.717, 1.165) is 109 Å². The van der Waals surface area contributed by atoms with Crippen molar-refractivity contribution in [2.75, 3.05) is 39.6 Å². The average molecular weight is 905 g/mol. The van der Waals surface area contributed by atoms with Crippen molar-refractivity contribution in [3.05, 3.63) is 133 Å². The number of benzene rings is 4. The highest BCUT2D eigenvalue weighted by molar-refractivity contribution is 5.81. The first kappa shape index (κ1) is 51.7. The van der Waals surface area contributed by atoms with Crippen LogP contribution in [0.1, 0.15) is 114 Å². The lowest BCUT2D eigenvalue weighted by Gasteiger charge is -2.31. The molecule has 4 aromatic rings. The van der Waals surface area contributed by atoms with Gasteiger partial charge in [0.05, 0.1) is 52.9 Å². The molecule has 0 aromatic heterocycles. The summed E-state index contributed by atoms with van der Waals surface area (Å²) in [5.74, 6) is 1.09. The summed E-state index contributed by atoms with van der Waals surface area (Å²) in [6.45, 7) is 10.9. The van der Waals surface area contributed by atoms with Crippen LogP contribution < -0.4 is 9.47 Å². The fraction of sp³-hybridized carbons (Fsp3) is 0.464. The van der Waals surface area contributed by atoms with Crippen LogP contribution >= 0.6 is 0 Å². The fourth-order valence-electron chi connectivity index (χ4n) is 7.54. The van der Waals surface area contributed by atoms with E-state index in [4.69, 9.17) is 37.9 Å². The van der Waals surface area contributed by atoms with Crippen LogP contribution in [0.5, 0.6) is 11.5 Å². The highest BCUT2D eigenvalue weighted by Crippen LogP contribution is 2.26. The zero-order valence-corrected chi connectivity index (χ0v) is 39.0. The smallest absolute Gasteiger partial charge is 0.330 e. The van der Waals surface area contributed by atoms with E-state index in [2.05, 4.69) is 86.0 Å². The van der Waals surface area contributed by atoms with E-state index in [1.165, 1.54) is 63.5 Å². The van der Waals surface area contributed by atoms with Gasteiger partial charge < -0.3 is 37.9 Å². The summed E-state index contributed by atoms with van der Waals surface area (Å²) in [6, 6.07) is 33.3. The Morgan fingerprint density at radius 1 is 0.424 bits per heavy atom. The molecule has 10 nitrogen and oxygen atoms in total.